The van der Waals surface area contributed by atoms with Gasteiger partial charge in [0, 0.05) is 45.2 Å². The van der Waals surface area contributed by atoms with E-state index < -0.39 is 17.2 Å². The molecule has 2 N–H and O–H groups in total. The summed E-state index contributed by atoms with van der Waals surface area (Å²) in [6.07, 6.45) is 3.57. The Morgan fingerprint density at radius 1 is 1.32 bits per heavy atom. The number of piperidine rings is 1. The molecule has 28 heavy (non-hydrogen) atoms. The number of carbonyl (C=O) groups is 2. The molecule has 0 radical (unpaired) electrons. The van der Waals surface area contributed by atoms with Crippen LogP contribution in [0.4, 0.5) is 0 Å². The van der Waals surface area contributed by atoms with Crippen molar-refractivity contribution in [3.05, 3.63) is 34.2 Å². The minimum atomic E-state index is -1.06. The minimum Gasteiger partial charge on any atom is -0.388 e. The molecule has 8 nitrogen and oxygen atoms in total. The summed E-state index contributed by atoms with van der Waals surface area (Å²) in [5.74, 6) is -0.219. The Balaban J connectivity index is 1.63. The van der Waals surface area contributed by atoms with Crippen molar-refractivity contribution in [1.29, 1.82) is 0 Å². The van der Waals surface area contributed by atoms with Gasteiger partial charge < -0.3 is 24.6 Å². The molecule has 1 aromatic heterocycles. The number of hydrogen-bond donors (Lipinski definition) is 2. The highest BCUT2D eigenvalue weighted by molar-refractivity contribution is 5.94. The van der Waals surface area contributed by atoms with E-state index in [1.807, 2.05) is 0 Å². The standard InChI is InChI=1S/C20H29N3O5/c1-4-16(24)21-15-12-28-20(13-19(15,2)27)7-9-23(10-8-20)18(26)14-5-6-17(25)22(3)11-14/h5-6,11,15,27H,4,7-10,12-13H2,1-3H3,(H,21,24)/t15-,19-/m0/s1. The number of aliphatic hydroxyl groups is 1. The largest absolute Gasteiger partial charge is 0.388 e. The lowest BCUT2D eigenvalue weighted by Gasteiger charge is -2.51. The number of rotatable bonds is 3. The van der Waals surface area contributed by atoms with E-state index in [1.54, 1.807) is 38.1 Å². The fraction of sp³-hybridized carbons (Fsp3) is 0.650. The normalized spacial score (nSPS) is 26.9. The third-order valence-corrected chi connectivity index (χ3v) is 5.94. The molecule has 2 fully saturated rings. The van der Waals surface area contributed by atoms with Gasteiger partial charge in [0.2, 0.25) is 11.5 Å². The van der Waals surface area contributed by atoms with Gasteiger partial charge in [-0.05, 0) is 25.8 Å². The molecule has 2 aliphatic rings. The lowest BCUT2D eigenvalue weighted by atomic mass is 9.75. The Hall–Kier alpha value is -2.19. The second kappa shape index (κ2) is 7.67. The van der Waals surface area contributed by atoms with E-state index in [0.717, 1.165) is 0 Å². The summed E-state index contributed by atoms with van der Waals surface area (Å²) >= 11 is 0. The summed E-state index contributed by atoms with van der Waals surface area (Å²) in [5.41, 5.74) is -1.22. The van der Waals surface area contributed by atoms with Gasteiger partial charge in [-0.1, -0.05) is 6.92 Å². The maximum absolute atomic E-state index is 12.7. The molecule has 2 saturated heterocycles. The molecule has 0 aromatic carbocycles. The average molecular weight is 391 g/mol. The molecule has 2 atom stereocenters. The van der Waals surface area contributed by atoms with E-state index in [-0.39, 0.29) is 24.0 Å². The van der Waals surface area contributed by atoms with Gasteiger partial charge in [-0.3, -0.25) is 14.4 Å². The lowest BCUT2D eigenvalue weighted by Crippen LogP contribution is -2.64. The average Bonchev–Trinajstić information content (AvgIpc) is 2.66. The van der Waals surface area contributed by atoms with Crippen LogP contribution in [0.25, 0.3) is 0 Å². The zero-order valence-electron chi connectivity index (χ0n) is 16.7. The Bertz CT molecular complexity index is 808. The second-order valence-corrected chi connectivity index (χ2v) is 8.16. The number of carbonyl (C=O) groups excluding carboxylic acids is 2. The van der Waals surface area contributed by atoms with E-state index in [9.17, 15) is 19.5 Å². The first-order valence-corrected chi connectivity index (χ1v) is 9.77. The van der Waals surface area contributed by atoms with E-state index >= 15 is 0 Å². The highest BCUT2D eigenvalue weighted by Crippen LogP contribution is 2.39. The monoisotopic (exact) mass is 391 g/mol. The van der Waals surface area contributed by atoms with E-state index in [0.29, 0.717) is 44.3 Å². The molecule has 0 aliphatic carbocycles. The molecular formula is C20H29N3O5. The van der Waals surface area contributed by atoms with Gasteiger partial charge in [0.1, 0.15) is 0 Å². The summed E-state index contributed by atoms with van der Waals surface area (Å²) in [4.78, 5) is 37.7. The Morgan fingerprint density at radius 2 is 2.00 bits per heavy atom. The smallest absolute Gasteiger partial charge is 0.255 e. The first kappa shape index (κ1) is 20.5. The quantitative estimate of drug-likeness (QED) is 0.778. The van der Waals surface area contributed by atoms with Crippen LogP contribution in [0, 0.1) is 0 Å². The van der Waals surface area contributed by atoms with Crippen LogP contribution in [0.5, 0.6) is 0 Å². The van der Waals surface area contributed by atoms with Crippen molar-refractivity contribution >= 4 is 11.8 Å². The van der Waals surface area contributed by atoms with Crippen LogP contribution in [0.1, 0.15) is 49.9 Å². The summed E-state index contributed by atoms with van der Waals surface area (Å²) in [5, 5.41) is 13.7. The van der Waals surface area contributed by atoms with Crippen LogP contribution in [0.2, 0.25) is 0 Å². The second-order valence-electron chi connectivity index (χ2n) is 8.16. The lowest BCUT2D eigenvalue weighted by molar-refractivity contribution is -0.187. The zero-order valence-corrected chi connectivity index (χ0v) is 16.7. The van der Waals surface area contributed by atoms with Crippen molar-refractivity contribution in [2.75, 3.05) is 19.7 Å². The Kier molecular flexibility index (Phi) is 5.63. The van der Waals surface area contributed by atoms with Crippen molar-refractivity contribution in [2.45, 2.75) is 56.8 Å². The predicted octanol–water partition coefficient (Wildman–Crippen LogP) is 0.426. The number of aryl methyl sites for hydroxylation is 1. The van der Waals surface area contributed by atoms with Crippen molar-refractivity contribution in [1.82, 2.24) is 14.8 Å². The van der Waals surface area contributed by atoms with Crippen molar-refractivity contribution in [2.24, 2.45) is 7.05 Å². The van der Waals surface area contributed by atoms with Gasteiger partial charge in [0.25, 0.3) is 5.91 Å². The number of nitrogens with one attached hydrogen (secondary N) is 1. The van der Waals surface area contributed by atoms with Crippen LogP contribution < -0.4 is 10.9 Å². The van der Waals surface area contributed by atoms with Crippen LogP contribution in [-0.4, -0.2) is 63.3 Å². The maximum atomic E-state index is 12.7. The molecule has 0 unspecified atom stereocenters. The molecule has 1 spiro atoms. The molecule has 3 rings (SSSR count). The first-order chi connectivity index (χ1) is 13.2. The SMILES string of the molecule is CCC(=O)N[C@H]1COC2(CCN(C(=O)c3ccc(=O)n(C)c3)CC2)C[C@]1(C)O. The van der Waals surface area contributed by atoms with Gasteiger partial charge in [0.15, 0.2) is 0 Å². The molecule has 2 amide bonds. The molecule has 2 aliphatic heterocycles. The number of nitrogens with zero attached hydrogens (tertiary/aromatic N) is 2. The van der Waals surface area contributed by atoms with E-state index in [4.69, 9.17) is 4.74 Å². The van der Waals surface area contributed by atoms with Crippen LogP contribution >= 0.6 is 0 Å². The molecule has 8 heteroatoms. The topological polar surface area (TPSA) is 101 Å². The number of ether oxygens (including phenoxy) is 1. The third kappa shape index (κ3) is 4.12. The minimum absolute atomic E-state index is 0.109. The van der Waals surface area contributed by atoms with Gasteiger partial charge in [0.05, 0.1) is 29.4 Å². The van der Waals surface area contributed by atoms with E-state index in [2.05, 4.69) is 5.32 Å². The van der Waals surface area contributed by atoms with Crippen molar-refractivity contribution in [3.8, 4) is 0 Å². The fourth-order valence-corrected chi connectivity index (χ4v) is 4.10. The van der Waals surface area contributed by atoms with Crippen LogP contribution in [0.15, 0.2) is 23.1 Å². The number of aromatic nitrogens is 1. The third-order valence-electron chi connectivity index (χ3n) is 5.94. The molecule has 154 valence electrons. The fourth-order valence-electron chi connectivity index (χ4n) is 4.10. The maximum Gasteiger partial charge on any atom is 0.255 e. The Morgan fingerprint density at radius 3 is 2.57 bits per heavy atom. The van der Waals surface area contributed by atoms with Gasteiger partial charge in [-0.2, -0.15) is 0 Å². The number of amides is 2. The molecule has 0 bridgehead atoms. The molecule has 3 heterocycles. The summed E-state index contributed by atoms with van der Waals surface area (Å²) in [6, 6.07) is 2.51. The van der Waals surface area contributed by atoms with Gasteiger partial charge >= 0.3 is 0 Å². The Labute approximate surface area is 164 Å². The summed E-state index contributed by atoms with van der Waals surface area (Å²) in [6.45, 7) is 4.80. The molecule has 1 aromatic rings. The predicted molar refractivity (Wildman–Crippen MR) is 103 cm³/mol. The van der Waals surface area contributed by atoms with Crippen molar-refractivity contribution in [3.63, 3.8) is 0 Å². The molecular weight excluding hydrogens is 362 g/mol. The zero-order chi connectivity index (χ0) is 20.5. The number of likely N-dealkylation sites (tertiary alicyclic amines) is 1. The highest BCUT2D eigenvalue weighted by Gasteiger charge is 2.49. The highest BCUT2D eigenvalue weighted by atomic mass is 16.5. The van der Waals surface area contributed by atoms with Gasteiger partial charge in [-0.15, -0.1) is 0 Å². The summed E-state index contributed by atoms with van der Waals surface area (Å²) < 4.78 is 7.50. The van der Waals surface area contributed by atoms with Gasteiger partial charge in [-0.25, -0.2) is 0 Å². The molecule has 0 saturated carbocycles. The van der Waals surface area contributed by atoms with Crippen LogP contribution in [-0.2, 0) is 16.6 Å². The summed E-state index contributed by atoms with van der Waals surface area (Å²) in [7, 11) is 1.62. The first-order valence-electron chi connectivity index (χ1n) is 9.77. The van der Waals surface area contributed by atoms with E-state index in [1.165, 1.54) is 10.6 Å². The number of pyridine rings is 1. The van der Waals surface area contributed by atoms with Crippen LogP contribution in [0.3, 0.4) is 0 Å². The number of hydrogen-bond acceptors (Lipinski definition) is 5. The van der Waals surface area contributed by atoms with Crippen molar-refractivity contribution < 1.29 is 19.4 Å².